The molecule has 2 saturated heterocycles. The van der Waals surface area contributed by atoms with Crippen molar-refractivity contribution >= 4 is 5.91 Å². The van der Waals surface area contributed by atoms with E-state index in [1.165, 1.54) is 4.90 Å². The fourth-order valence-corrected chi connectivity index (χ4v) is 3.12. The highest BCUT2D eigenvalue weighted by atomic mass is 19.4. The minimum Gasteiger partial charge on any atom is -0.334 e. The molecule has 19 heavy (non-hydrogen) atoms. The number of rotatable bonds is 1. The number of fused-ring (bicyclic) bond motifs is 2. The Bertz CT molecular complexity index is 348. The van der Waals surface area contributed by atoms with Crippen LogP contribution < -0.4 is 0 Å². The number of halogens is 3. The Morgan fingerprint density at radius 1 is 1.11 bits per heavy atom. The van der Waals surface area contributed by atoms with Gasteiger partial charge in [0.15, 0.2) is 0 Å². The minimum atomic E-state index is -4.41. The van der Waals surface area contributed by atoms with E-state index in [4.69, 9.17) is 0 Å². The highest BCUT2D eigenvalue weighted by Crippen LogP contribution is 2.35. The van der Waals surface area contributed by atoms with Crippen LogP contribution in [0.3, 0.4) is 0 Å². The summed E-state index contributed by atoms with van der Waals surface area (Å²) >= 11 is 0. The van der Waals surface area contributed by atoms with Crippen LogP contribution in [0.2, 0.25) is 0 Å². The molecule has 2 unspecified atom stereocenters. The van der Waals surface area contributed by atoms with Crippen molar-refractivity contribution in [2.45, 2.75) is 63.8 Å². The van der Waals surface area contributed by atoms with Crippen LogP contribution in [-0.2, 0) is 4.79 Å². The zero-order valence-electron chi connectivity index (χ0n) is 11.6. The van der Waals surface area contributed by atoms with Gasteiger partial charge in [-0.1, -0.05) is 0 Å². The fourth-order valence-electron chi connectivity index (χ4n) is 3.12. The van der Waals surface area contributed by atoms with Gasteiger partial charge in [-0.25, -0.2) is 0 Å². The van der Waals surface area contributed by atoms with Gasteiger partial charge in [0.2, 0.25) is 5.91 Å². The topological polar surface area (TPSA) is 23.6 Å². The Hall–Kier alpha value is -0.780. The Labute approximate surface area is 111 Å². The van der Waals surface area contributed by atoms with Crippen molar-refractivity contribution in [1.29, 1.82) is 0 Å². The van der Waals surface area contributed by atoms with E-state index in [0.29, 0.717) is 13.1 Å². The molecule has 2 bridgehead atoms. The maximum Gasteiger partial charge on any atom is 0.397 e. The molecule has 0 aromatic heterocycles. The van der Waals surface area contributed by atoms with Gasteiger partial charge in [0.1, 0.15) is 6.42 Å². The zero-order valence-corrected chi connectivity index (χ0v) is 11.6. The Kier molecular flexibility index (Phi) is 3.58. The molecule has 2 aliphatic heterocycles. The van der Waals surface area contributed by atoms with Gasteiger partial charge in [-0.15, -0.1) is 0 Å². The van der Waals surface area contributed by atoms with Gasteiger partial charge >= 0.3 is 6.18 Å². The van der Waals surface area contributed by atoms with Crippen LogP contribution in [0.25, 0.3) is 0 Å². The van der Waals surface area contributed by atoms with Crippen molar-refractivity contribution < 1.29 is 18.0 Å². The van der Waals surface area contributed by atoms with Gasteiger partial charge < -0.3 is 4.90 Å². The highest BCUT2D eigenvalue weighted by molar-refractivity contribution is 5.78. The number of amides is 1. The molecule has 110 valence electrons. The van der Waals surface area contributed by atoms with E-state index in [2.05, 4.69) is 25.7 Å². The largest absolute Gasteiger partial charge is 0.397 e. The second kappa shape index (κ2) is 4.65. The Morgan fingerprint density at radius 2 is 1.58 bits per heavy atom. The average Bonchev–Trinajstić information content (AvgIpc) is 2.45. The number of carbonyl (C=O) groups is 1. The molecule has 2 aliphatic rings. The highest BCUT2D eigenvalue weighted by Gasteiger charge is 2.46. The Balaban J connectivity index is 2.05. The lowest BCUT2D eigenvalue weighted by molar-refractivity contribution is -0.166. The SMILES string of the molecule is CC(C)(C)N1CC2CCC(C1)N2C(=O)CC(F)(F)F. The first kappa shape index (κ1) is 14.6. The van der Waals surface area contributed by atoms with Gasteiger partial charge in [0, 0.05) is 30.7 Å². The second-order valence-corrected chi connectivity index (χ2v) is 6.55. The first-order chi connectivity index (χ1) is 8.58. The molecule has 1 amide bonds. The lowest BCUT2D eigenvalue weighted by Gasteiger charge is -2.46. The smallest absolute Gasteiger partial charge is 0.334 e. The van der Waals surface area contributed by atoms with Crippen molar-refractivity contribution in [3.63, 3.8) is 0 Å². The minimum absolute atomic E-state index is 0.00000472. The van der Waals surface area contributed by atoms with Crippen molar-refractivity contribution in [3.8, 4) is 0 Å². The van der Waals surface area contributed by atoms with E-state index in [1.54, 1.807) is 0 Å². The molecular formula is C13H21F3N2O. The first-order valence-electron chi connectivity index (χ1n) is 6.71. The van der Waals surface area contributed by atoms with Crippen LogP contribution >= 0.6 is 0 Å². The molecular weight excluding hydrogens is 257 g/mol. The summed E-state index contributed by atoms with van der Waals surface area (Å²) in [5, 5.41) is 0. The first-order valence-corrected chi connectivity index (χ1v) is 6.71. The molecule has 0 spiro atoms. The van der Waals surface area contributed by atoms with Gasteiger partial charge in [-0.3, -0.25) is 9.69 Å². The van der Waals surface area contributed by atoms with Gasteiger partial charge in [-0.05, 0) is 33.6 Å². The molecule has 2 heterocycles. The maximum atomic E-state index is 12.3. The number of likely N-dealkylation sites (tertiary alicyclic amines) is 1. The number of nitrogens with zero attached hydrogens (tertiary/aromatic N) is 2. The van der Waals surface area contributed by atoms with E-state index in [1.807, 2.05) is 0 Å². The summed E-state index contributed by atoms with van der Waals surface area (Å²) in [6.45, 7) is 7.66. The summed E-state index contributed by atoms with van der Waals surface area (Å²) in [7, 11) is 0. The summed E-state index contributed by atoms with van der Waals surface area (Å²) in [5.74, 6) is -0.756. The summed E-state index contributed by atoms with van der Waals surface area (Å²) in [5.41, 5.74) is 0.00000472. The van der Waals surface area contributed by atoms with E-state index in [0.717, 1.165) is 12.8 Å². The molecule has 2 fully saturated rings. The third-order valence-corrected chi connectivity index (χ3v) is 4.07. The predicted molar refractivity (Wildman–Crippen MR) is 65.7 cm³/mol. The quantitative estimate of drug-likeness (QED) is 0.735. The second-order valence-electron chi connectivity index (χ2n) is 6.55. The van der Waals surface area contributed by atoms with Crippen LogP contribution in [0, 0.1) is 0 Å². The van der Waals surface area contributed by atoms with E-state index in [9.17, 15) is 18.0 Å². The average molecular weight is 278 g/mol. The summed E-state index contributed by atoms with van der Waals surface area (Å²) in [6.07, 6.45) is -4.09. The number of alkyl halides is 3. The van der Waals surface area contributed by atoms with Gasteiger partial charge in [0.25, 0.3) is 0 Å². The Morgan fingerprint density at radius 3 is 1.95 bits per heavy atom. The molecule has 0 radical (unpaired) electrons. The van der Waals surface area contributed by atoms with Crippen LogP contribution in [0.15, 0.2) is 0 Å². The molecule has 6 heteroatoms. The number of piperazine rings is 1. The van der Waals surface area contributed by atoms with E-state index in [-0.39, 0.29) is 17.6 Å². The van der Waals surface area contributed by atoms with Crippen LogP contribution in [-0.4, -0.2) is 52.6 Å². The standard InChI is InChI=1S/C13H21F3N2O/c1-12(2,3)17-7-9-4-5-10(8-17)18(9)11(19)6-13(14,15)16/h9-10H,4-8H2,1-3H3. The third-order valence-electron chi connectivity index (χ3n) is 4.07. The van der Waals surface area contributed by atoms with E-state index < -0.39 is 18.5 Å². The third kappa shape index (κ3) is 3.22. The van der Waals surface area contributed by atoms with Crippen molar-refractivity contribution in [2.24, 2.45) is 0 Å². The fraction of sp³-hybridized carbons (Fsp3) is 0.923. The number of hydrogen-bond donors (Lipinski definition) is 0. The number of carbonyl (C=O) groups excluding carboxylic acids is 1. The van der Waals surface area contributed by atoms with Crippen LogP contribution in [0.4, 0.5) is 13.2 Å². The summed E-state index contributed by atoms with van der Waals surface area (Å²) < 4.78 is 37.0. The number of hydrogen-bond acceptors (Lipinski definition) is 2. The van der Waals surface area contributed by atoms with Gasteiger partial charge in [0.05, 0.1) is 0 Å². The van der Waals surface area contributed by atoms with Crippen molar-refractivity contribution in [1.82, 2.24) is 9.80 Å². The lowest BCUT2D eigenvalue weighted by Crippen LogP contribution is -2.60. The predicted octanol–water partition coefficient (Wildman–Crippen LogP) is 2.41. The van der Waals surface area contributed by atoms with Crippen LogP contribution in [0.5, 0.6) is 0 Å². The van der Waals surface area contributed by atoms with Crippen molar-refractivity contribution in [3.05, 3.63) is 0 Å². The summed E-state index contributed by atoms with van der Waals surface area (Å²) in [6, 6.07) is -0.0966. The molecule has 0 aliphatic carbocycles. The maximum absolute atomic E-state index is 12.3. The molecule has 2 rings (SSSR count). The monoisotopic (exact) mass is 278 g/mol. The normalized spacial score (nSPS) is 28.8. The van der Waals surface area contributed by atoms with E-state index >= 15 is 0 Å². The van der Waals surface area contributed by atoms with Crippen molar-refractivity contribution in [2.75, 3.05) is 13.1 Å². The molecule has 2 atom stereocenters. The molecule has 0 saturated carbocycles. The molecule has 0 aromatic rings. The molecule has 3 nitrogen and oxygen atoms in total. The molecule has 0 aromatic carbocycles. The lowest BCUT2D eigenvalue weighted by atomic mass is 10.0. The molecule has 0 N–H and O–H groups in total. The zero-order chi connectivity index (χ0) is 14.4. The van der Waals surface area contributed by atoms with Crippen LogP contribution in [0.1, 0.15) is 40.0 Å². The van der Waals surface area contributed by atoms with Gasteiger partial charge in [-0.2, -0.15) is 13.2 Å². The summed E-state index contributed by atoms with van der Waals surface area (Å²) in [4.78, 5) is 15.6.